The Kier molecular flexibility index (Phi) is 4.55. The molecule has 0 spiro atoms. The Bertz CT molecular complexity index is 380. The summed E-state index contributed by atoms with van der Waals surface area (Å²) in [5.74, 6) is -0.543. The summed E-state index contributed by atoms with van der Waals surface area (Å²) in [6, 6.07) is 3.93. The van der Waals surface area contributed by atoms with E-state index in [-0.39, 0.29) is 11.1 Å². The maximum absolute atomic E-state index is 13.1. The lowest BCUT2D eigenvalue weighted by atomic mass is 10.3. The van der Waals surface area contributed by atoms with E-state index in [1.807, 2.05) is 13.8 Å². The summed E-state index contributed by atoms with van der Waals surface area (Å²) in [4.78, 5) is 13.2. The fraction of sp³-hybridized carbons (Fsp3) is 0.364. The molecular weight excluding hydrogens is 231 g/mol. The Morgan fingerprint density at radius 2 is 2.06 bits per heavy atom. The number of nitrogens with zero attached hydrogens (tertiary/aromatic N) is 1. The third-order valence-electron chi connectivity index (χ3n) is 2.22. The molecule has 0 atom stereocenters. The van der Waals surface area contributed by atoms with Gasteiger partial charge in [-0.3, -0.25) is 0 Å². The molecule has 0 aromatic heterocycles. The Hall–Kier alpha value is -1.29. The smallest absolute Gasteiger partial charge is 0.321 e. The number of urea groups is 1. The molecule has 0 fully saturated rings. The van der Waals surface area contributed by atoms with Crippen LogP contribution in [0.15, 0.2) is 18.2 Å². The van der Waals surface area contributed by atoms with E-state index in [0.29, 0.717) is 18.8 Å². The third kappa shape index (κ3) is 3.10. The van der Waals surface area contributed by atoms with Crippen LogP contribution in [0.2, 0.25) is 5.02 Å². The first-order chi connectivity index (χ1) is 7.58. The van der Waals surface area contributed by atoms with Crippen molar-refractivity contribution in [2.45, 2.75) is 13.8 Å². The number of benzene rings is 1. The zero-order valence-electron chi connectivity index (χ0n) is 9.26. The van der Waals surface area contributed by atoms with Crippen molar-refractivity contribution in [3.8, 4) is 0 Å². The van der Waals surface area contributed by atoms with Gasteiger partial charge in [-0.1, -0.05) is 11.6 Å². The Morgan fingerprint density at radius 1 is 1.44 bits per heavy atom. The molecule has 16 heavy (non-hydrogen) atoms. The first-order valence-corrected chi connectivity index (χ1v) is 5.47. The molecule has 5 heteroatoms. The standard InChI is InChI=1S/C11H14ClFN2O/c1-3-15(4-2)11(16)14-8-5-6-9(12)10(13)7-8/h5-7H,3-4H2,1-2H3,(H,14,16). The minimum Gasteiger partial charge on any atom is -0.325 e. The fourth-order valence-electron chi connectivity index (χ4n) is 1.29. The molecule has 1 aromatic carbocycles. The Labute approximate surface area is 99.2 Å². The number of halogens is 2. The first-order valence-electron chi connectivity index (χ1n) is 5.09. The van der Waals surface area contributed by atoms with Crippen LogP contribution in [0.1, 0.15) is 13.8 Å². The van der Waals surface area contributed by atoms with Crippen LogP contribution < -0.4 is 5.32 Å². The quantitative estimate of drug-likeness (QED) is 0.869. The molecule has 88 valence electrons. The number of nitrogens with one attached hydrogen (secondary N) is 1. The lowest BCUT2D eigenvalue weighted by Crippen LogP contribution is -2.34. The van der Waals surface area contributed by atoms with E-state index in [1.165, 1.54) is 12.1 Å². The van der Waals surface area contributed by atoms with Crippen LogP contribution in [0.5, 0.6) is 0 Å². The van der Waals surface area contributed by atoms with Gasteiger partial charge >= 0.3 is 6.03 Å². The van der Waals surface area contributed by atoms with Crippen molar-refractivity contribution in [1.82, 2.24) is 4.90 Å². The van der Waals surface area contributed by atoms with E-state index in [1.54, 1.807) is 11.0 Å². The lowest BCUT2D eigenvalue weighted by molar-refractivity contribution is 0.217. The minimum atomic E-state index is -0.543. The third-order valence-corrected chi connectivity index (χ3v) is 2.53. The van der Waals surface area contributed by atoms with Crippen molar-refractivity contribution in [2.75, 3.05) is 18.4 Å². The van der Waals surface area contributed by atoms with Gasteiger partial charge < -0.3 is 10.2 Å². The highest BCUT2D eigenvalue weighted by Crippen LogP contribution is 2.18. The minimum absolute atomic E-state index is 0.0424. The Balaban J connectivity index is 2.73. The van der Waals surface area contributed by atoms with Gasteiger partial charge in [-0.25, -0.2) is 9.18 Å². The maximum Gasteiger partial charge on any atom is 0.321 e. The topological polar surface area (TPSA) is 32.3 Å². The zero-order valence-corrected chi connectivity index (χ0v) is 10.0. The van der Waals surface area contributed by atoms with Crippen molar-refractivity contribution < 1.29 is 9.18 Å². The van der Waals surface area contributed by atoms with Crippen molar-refractivity contribution >= 4 is 23.3 Å². The monoisotopic (exact) mass is 244 g/mol. The molecule has 1 N–H and O–H groups in total. The highest BCUT2D eigenvalue weighted by molar-refractivity contribution is 6.30. The summed E-state index contributed by atoms with van der Waals surface area (Å²) in [5, 5.41) is 2.64. The molecule has 3 nitrogen and oxygen atoms in total. The largest absolute Gasteiger partial charge is 0.325 e. The summed E-state index contributed by atoms with van der Waals surface area (Å²) in [6.45, 7) is 4.98. The first kappa shape index (κ1) is 12.8. The fourth-order valence-corrected chi connectivity index (χ4v) is 1.40. The molecule has 1 aromatic rings. The van der Waals surface area contributed by atoms with Crippen molar-refractivity contribution in [3.05, 3.63) is 29.0 Å². The van der Waals surface area contributed by atoms with Crippen LogP contribution in [0.3, 0.4) is 0 Å². The van der Waals surface area contributed by atoms with Gasteiger partial charge in [0.2, 0.25) is 0 Å². The average molecular weight is 245 g/mol. The van der Waals surface area contributed by atoms with Crippen molar-refractivity contribution in [3.63, 3.8) is 0 Å². The second-order valence-electron chi connectivity index (χ2n) is 3.23. The SMILES string of the molecule is CCN(CC)C(=O)Nc1ccc(Cl)c(F)c1. The van der Waals surface area contributed by atoms with Gasteiger partial charge in [0.15, 0.2) is 0 Å². The number of anilines is 1. The second-order valence-corrected chi connectivity index (χ2v) is 3.64. The van der Waals surface area contributed by atoms with Gasteiger partial charge in [-0.2, -0.15) is 0 Å². The molecule has 0 aliphatic heterocycles. The maximum atomic E-state index is 13.1. The molecule has 0 radical (unpaired) electrons. The van der Waals surface area contributed by atoms with E-state index in [2.05, 4.69) is 5.32 Å². The van der Waals surface area contributed by atoms with E-state index in [9.17, 15) is 9.18 Å². The van der Waals surface area contributed by atoms with Crippen LogP contribution in [0, 0.1) is 5.82 Å². The number of carbonyl (C=O) groups excluding carboxylic acids is 1. The molecular formula is C11H14ClFN2O. The summed E-state index contributed by atoms with van der Waals surface area (Å²) in [5.41, 5.74) is 0.402. The second kappa shape index (κ2) is 5.70. The number of amides is 2. The van der Waals surface area contributed by atoms with Crippen LogP contribution >= 0.6 is 11.6 Å². The van der Waals surface area contributed by atoms with Gasteiger partial charge in [0, 0.05) is 18.8 Å². The molecule has 0 heterocycles. The summed E-state index contributed by atoms with van der Waals surface area (Å²) in [6.07, 6.45) is 0. The lowest BCUT2D eigenvalue weighted by Gasteiger charge is -2.19. The van der Waals surface area contributed by atoms with Crippen molar-refractivity contribution in [1.29, 1.82) is 0 Å². The Morgan fingerprint density at radius 3 is 2.56 bits per heavy atom. The molecule has 0 saturated carbocycles. The summed E-state index contributed by atoms with van der Waals surface area (Å²) in [7, 11) is 0. The summed E-state index contributed by atoms with van der Waals surface area (Å²) < 4.78 is 13.1. The average Bonchev–Trinajstić information content (AvgIpc) is 2.25. The molecule has 0 unspecified atom stereocenters. The van der Waals surface area contributed by atoms with Gasteiger partial charge in [0.1, 0.15) is 5.82 Å². The van der Waals surface area contributed by atoms with E-state index in [4.69, 9.17) is 11.6 Å². The van der Waals surface area contributed by atoms with E-state index >= 15 is 0 Å². The zero-order chi connectivity index (χ0) is 12.1. The molecule has 0 saturated heterocycles. The molecule has 2 amide bonds. The van der Waals surface area contributed by atoms with Crippen LogP contribution in [-0.4, -0.2) is 24.0 Å². The van der Waals surface area contributed by atoms with Crippen LogP contribution in [-0.2, 0) is 0 Å². The van der Waals surface area contributed by atoms with E-state index in [0.717, 1.165) is 0 Å². The van der Waals surface area contributed by atoms with Gasteiger partial charge in [0.25, 0.3) is 0 Å². The number of carbonyl (C=O) groups is 1. The molecule has 0 bridgehead atoms. The molecule has 1 rings (SSSR count). The summed E-state index contributed by atoms with van der Waals surface area (Å²) >= 11 is 5.54. The molecule has 0 aliphatic rings. The predicted octanol–water partition coefficient (Wildman–Crippen LogP) is 3.35. The molecule has 0 aliphatic carbocycles. The number of rotatable bonds is 3. The highest BCUT2D eigenvalue weighted by Gasteiger charge is 2.10. The van der Waals surface area contributed by atoms with Gasteiger partial charge in [-0.15, -0.1) is 0 Å². The number of hydrogen-bond acceptors (Lipinski definition) is 1. The van der Waals surface area contributed by atoms with E-state index < -0.39 is 5.82 Å². The normalized spacial score (nSPS) is 10.0. The number of hydrogen-bond donors (Lipinski definition) is 1. The highest BCUT2D eigenvalue weighted by atomic mass is 35.5. The predicted molar refractivity (Wildman–Crippen MR) is 63.3 cm³/mol. The van der Waals surface area contributed by atoms with Crippen molar-refractivity contribution in [2.24, 2.45) is 0 Å². The van der Waals surface area contributed by atoms with Gasteiger partial charge in [-0.05, 0) is 32.0 Å². The van der Waals surface area contributed by atoms with Gasteiger partial charge in [0.05, 0.1) is 5.02 Å². The van der Waals surface area contributed by atoms with Crippen LogP contribution in [0.25, 0.3) is 0 Å². The van der Waals surface area contributed by atoms with Crippen LogP contribution in [0.4, 0.5) is 14.9 Å².